The normalized spacial score (nSPS) is 32.9. The predicted octanol–water partition coefficient (Wildman–Crippen LogP) is 1.07. The summed E-state index contributed by atoms with van der Waals surface area (Å²) in [4.78, 5) is 26.1. The number of carbonyl (C=O) groups excluding carboxylic acids is 2. The highest BCUT2D eigenvalue weighted by molar-refractivity contribution is 5.93. The highest BCUT2D eigenvalue weighted by Crippen LogP contribution is 2.20. The quantitative estimate of drug-likeness (QED) is 0.833. The molecule has 0 aromatic rings. The monoisotopic (exact) mass is 268 g/mol. The van der Waals surface area contributed by atoms with E-state index in [0.717, 1.165) is 25.9 Å². The van der Waals surface area contributed by atoms with Crippen LogP contribution in [-0.2, 0) is 14.3 Å². The van der Waals surface area contributed by atoms with Crippen LogP contribution in [0.2, 0.25) is 0 Å². The van der Waals surface area contributed by atoms with Gasteiger partial charge in [-0.05, 0) is 32.6 Å². The van der Waals surface area contributed by atoms with Crippen LogP contribution in [0.4, 0.5) is 0 Å². The van der Waals surface area contributed by atoms with Crippen LogP contribution in [0.3, 0.4) is 0 Å². The summed E-state index contributed by atoms with van der Waals surface area (Å²) in [5.74, 6) is -0.0141. The molecule has 2 aliphatic rings. The maximum Gasteiger partial charge on any atom is 0.248 e. The molecule has 2 atom stereocenters. The number of nitrogens with one attached hydrogen (secondary N) is 1. The Bertz CT molecular complexity index is 353. The van der Waals surface area contributed by atoms with Gasteiger partial charge in [-0.25, -0.2) is 0 Å². The molecule has 0 aromatic heterocycles. The van der Waals surface area contributed by atoms with Crippen molar-refractivity contribution in [1.29, 1.82) is 0 Å². The van der Waals surface area contributed by atoms with E-state index in [4.69, 9.17) is 4.74 Å². The summed E-state index contributed by atoms with van der Waals surface area (Å²) < 4.78 is 5.70. The fourth-order valence-electron chi connectivity index (χ4n) is 2.72. The van der Waals surface area contributed by atoms with E-state index < -0.39 is 5.54 Å². The van der Waals surface area contributed by atoms with Crippen molar-refractivity contribution >= 4 is 11.8 Å². The Kier molecular flexibility index (Phi) is 4.45. The summed E-state index contributed by atoms with van der Waals surface area (Å²) in [7, 11) is 0. The molecule has 2 saturated heterocycles. The first-order valence-corrected chi connectivity index (χ1v) is 7.27. The Morgan fingerprint density at radius 2 is 2.21 bits per heavy atom. The van der Waals surface area contributed by atoms with Crippen LogP contribution in [0.5, 0.6) is 0 Å². The second-order valence-corrected chi connectivity index (χ2v) is 5.72. The van der Waals surface area contributed by atoms with Gasteiger partial charge in [0, 0.05) is 26.1 Å². The summed E-state index contributed by atoms with van der Waals surface area (Å²) in [6.45, 7) is 5.64. The molecule has 0 aromatic carbocycles. The molecule has 0 spiro atoms. The smallest absolute Gasteiger partial charge is 0.248 e. The lowest BCUT2D eigenvalue weighted by Gasteiger charge is -2.34. The van der Waals surface area contributed by atoms with Gasteiger partial charge in [0.2, 0.25) is 11.8 Å². The minimum absolute atomic E-state index is 0.0232. The summed E-state index contributed by atoms with van der Waals surface area (Å²) in [6.07, 6.45) is 4.40. The predicted molar refractivity (Wildman–Crippen MR) is 71.6 cm³/mol. The molecule has 5 heteroatoms. The van der Waals surface area contributed by atoms with Crippen LogP contribution in [0, 0.1) is 0 Å². The maximum absolute atomic E-state index is 12.6. The van der Waals surface area contributed by atoms with Crippen molar-refractivity contribution in [3.05, 3.63) is 0 Å². The van der Waals surface area contributed by atoms with Gasteiger partial charge in [0.05, 0.1) is 6.10 Å². The lowest BCUT2D eigenvalue weighted by atomic mass is 9.97. The van der Waals surface area contributed by atoms with E-state index in [1.54, 1.807) is 4.90 Å². The Hall–Kier alpha value is -1.10. The number of amides is 2. The maximum atomic E-state index is 12.6. The van der Waals surface area contributed by atoms with Gasteiger partial charge in [0.15, 0.2) is 0 Å². The minimum Gasteiger partial charge on any atom is -0.376 e. The van der Waals surface area contributed by atoms with Crippen molar-refractivity contribution < 1.29 is 14.3 Å². The number of nitrogens with zero attached hydrogens (tertiary/aromatic N) is 1. The van der Waals surface area contributed by atoms with E-state index in [-0.39, 0.29) is 17.9 Å². The Morgan fingerprint density at radius 1 is 1.42 bits per heavy atom. The number of hydrogen-bond donors (Lipinski definition) is 1. The van der Waals surface area contributed by atoms with Crippen molar-refractivity contribution in [1.82, 2.24) is 10.2 Å². The highest BCUT2D eigenvalue weighted by Gasteiger charge is 2.39. The average Bonchev–Trinajstić information content (AvgIpc) is 2.52. The molecule has 0 saturated carbocycles. The molecular weight excluding hydrogens is 244 g/mol. The fraction of sp³-hybridized carbons (Fsp3) is 0.857. The molecule has 1 N–H and O–H groups in total. The Labute approximate surface area is 114 Å². The molecule has 2 rings (SSSR count). The van der Waals surface area contributed by atoms with Crippen LogP contribution in [0.15, 0.2) is 0 Å². The average molecular weight is 268 g/mol. The fourth-order valence-corrected chi connectivity index (χ4v) is 2.72. The third-order valence-electron chi connectivity index (χ3n) is 4.19. The van der Waals surface area contributed by atoms with Crippen LogP contribution in [-0.4, -0.2) is 48.1 Å². The van der Waals surface area contributed by atoms with Crippen molar-refractivity contribution in [2.24, 2.45) is 0 Å². The van der Waals surface area contributed by atoms with Crippen LogP contribution in [0.25, 0.3) is 0 Å². The van der Waals surface area contributed by atoms with Gasteiger partial charge in [-0.3, -0.25) is 9.59 Å². The van der Waals surface area contributed by atoms with Crippen LogP contribution >= 0.6 is 0 Å². The third-order valence-corrected chi connectivity index (χ3v) is 4.19. The molecule has 2 heterocycles. The van der Waals surface area contributed by atoms with Gasteiger partial charge in [0.25, 0.3) is 0 Å². The summed E-state index contributed by atoms with van der Waals surface area (Å²) >= 11 is 0. The van der Waals surface area contributed by atoms with Gasteiger partial charge >= 0.3 is 0 Å². The second kappa shape index (κ2) is 5.90. The zero-order valence-corrected chi connectivity index (χ0v) is 11.9. The number of ether oxygens (including phenoxy) is 1. The van der Waals surface area contributed by atoms with Crippen molar-refractivity contribution in [2.45, 2.75) is 57.6 Å². The number of rotatable bonds is 3. The lowest BCUT2D eigenvalue weighted by Crippen LogP contribution is -2.55. The van der Waals surface area contributed by atoms with Crippen LogP contribution < -0.4 is 5.32 Å². The molecule has 5 nitrogen and oxygen atoms in total. The SMILES string of the molecule is CCC1(C)NC(=O)CCN(CC2CCCCO2)C1=O. The molecule has 0 bridgehead atoms. The summed E-state index contributed by atoms with van der Waals surface area (Å²) in [6, 6.07) is 0. The lowest BCUT2D eigenvalue weighted by molar-refractivity contribution is -0.140. The minimum atomic E-state index is -0.762. The van der Waals surface area contributed by atoms with E-state index >= 15 is 0 Å². The second-order valence-electron chi connectivity index (χ2n) is 5.72. The first-order valence-electron chi connectivity index (χ1n) is 7.27. The highest BCUT2D eigenvalue weighted by atomic mass is 16.5. The van der Waals surface area contributed by atoms with Crippen molar-refractivity contribution in [3.63, 3.8) is 0 Å². The Balaban J connectivity index is 2.05. The van der Waals surface area contributed by atoms with Gasteiger partial charge in [0.1, 0.15) is 5.54 Å². The van der Waals surface area contributed by atoms with Crippen molar-refractivity contribution in [2.75, 3.05) is 19.7 Å². The van der Waals surface area contributed by atoms with Gasteiger partial charge in [-0.1, -0.05) is 6.92 Å². The molecular formula is C14H24N2O3. The molecule has 108 valence electrons. The topological polar surface area (TPSA) is 58.6 Å². The number of hydrogen-bond acceptors (Lipinski definition) is 3. The first-order chi connectivity index (χ1) is 9.05. The van der Waals surface area contributed by atoms with Gasteiger partial charge in [-0.15, -0.1) is 0 Å². The van der Waals surface area contributed by atoms with Crippen LogP contribution in [0.1, 0.15) is 46.0 Å². The summed E-state index contributed by atoms with van der Waals surface area (Å²) in [5, 5.41) is 2.85. The first kappa shape index (κ1) is 14.3. The van der Waals surface area contributed by atoms with Crippen molar-refractivity contribution in [3.8, 4) is 0 Å². The van der Waals surface area contributed by atoms with E-state index in [1.807, 2.05) is 13.8 Å². The molecule has 2 amide bonds. The zero-order valence-electron chi connectivity index (χ0n) is 11.9. The molecule has 0 radical (unpaired) electrons. The molecule has 2 fully saturated rings. The molecule has 2 aliphatic heterocycles. The molecule has 2 unspecified atom stereocenters. The standard InChI is InChI=1S/C14H24N2O3/c1-3-14(2)13(18)16(8-7-12(17)15-14)10-11-6-4-5-9-19-11/h11H,3-10H2,1-2H3,(H,15,17). The largest absolute Gasteiger partial charge is 0.376 e. The van der Waals surface area contributed by atoms with Gasteiger partial charge in [-0.2, -0.15) is 0 Å². The van der Waals surface area contributed by atoms with Gasteiger partial charge < -0.3 is 15.0 Å². The molecule has 0 aliphatic carbocycles. The number of carbonyl (C=O) groups is 2. The van der Waals surface area contributed by atoms with E-state index in [0.29, 0.717) is 25.9 Å². The summed E-state index contributed by atoms with van der Waals surface area (Å²) in [5.41, 5.74) is -0.762. The molecule has 19 heavy (non-hydrogen) atoms. The van der Waals surface area contributed by atoms with E-state index in [1.165, 1.54) is 0 Å². The third kappa shape index (κ3) is 3.26. The zero-order chi connectivity index (χ0) is 13.9. The van der Waals surface area contributed by atoms with E-state index in [2.05, 4.69) is 5.32 Å². The Morgan fingerprint density at radius 3 is 2.84 bits per heavy atom. The van der Waals surface area contributed by atoms with E-state index in [9.17, 15) is 9.59 Å².